The lowest BCUT2D eigenvalue weighted by atomic mass is 10.2. The number of hydrogen-bond donors (Lipinski definition) is 2. The standard InChI is InChI=1S/C13H17ClN2O2S/c1-7(2)16-13(17)8(3)18-9-4-5-10(12(15)19)11(14)6-9/h4-8H,1-3H3,(H2,15,19)(H,16,17). The van der Waals surface area contributed by atoms with Gasteiger partial charge < -0.3 is 15.8 Å². The van der Waals surface area contributed by atoms with Crippen LogP contribution in [0.3, 0.4) is 0 Å². The second-order valence-electron chi connectivity index (χ2n) is 4.43. The van der Waals surface area contributed by atoms with Gasteiger partial charge in [-0.25, -0.2) is 0 Å². The van der Waals surface area contributed by atoms with Crippen LogP contribution in [0.4, 0.5) is 0 Å². The van der Waals surface area contributed by atoms with Gasteiger partial charge in [-0.05, 0) is 39.0 Å². The molecule has 4 nitrogen and oxygen atoms in total. The van der Waals surface area contributed by atoms with E-state index in [2.05, 4.69) is 5.32 Å². The third-order valence-corrected chi connectivity index (χ3v) is 2.85. The van der Waals surface area contributed by atoms with Gasteiger partial charge in [0.1, 0.15) is 10.7 Å². The van der Waals surface area contributed by atoms with Gasteiger partial charge in [0.15, 0.2) is 6.10 Å². The van der Waals surface area contributed by atoms with Crippen molar-refractivity contribution in [3.63, 3.8) is 0 Å². The van der Waals surface area contributed by atoms with Crippen LogP contribution in [0, 0.1) is 0 Å². The molecule has 6 heteroatoms. The molecular weight excluding hydrogens is 284 g/mol. The largest absolute Gasteiger partial charge is 0.481 e. The summed E-state index contributed by atoms with van der Waals surface area (Å²) in [6.07, 6.45) is -0.603. The number of hydrogen-bond acceptors (Lipinski definition) is 3. The maximum atomic E-state index is 11.7. The molecule has 1 aromatic rings. The fourth-order valence-corrected chi connectivity index (χ4v) is 1.93. The molecule has 19 heavy (non-hydrogen) atoms. The second-order valence-corrected chi connectivity index (χ2v) is 5.28. The smallest absolute Gasteiger partial charge is 0.260 e. The Morgan fingerprint density at radius 2 is 2.05 bits per heavy atom. The molecule has 0 spiro atoms. The zero-order valence-corrected chi connectivity index (χ0v) is 12.6. The van der Waals surface area contributed by atoms with Crippen molar-refractivity contribution in [2.45, 2.75) is 32.9 Å². The van der Waals surface area contributed by atoms with E-state index < -0.39 is 6.10 Å². The van der Waals surface area contributed by atoms with Crippen LogP contribution >= 0.6 is 23.8 Å². The minimum absolute atomic E-state index is 0.0686. The molecule has 1 aromatic carbocycles. The third kappa shape index (κ3) is 4.69. The summed E-state index contributed by atoms with van der Waals surface area (Å²) in [6, 6.07) is 5.01. The van der Waals surface area contributed by atoms with E-state index in [0.717, 1.165) is 0 Å². The third-order valence-electron chi connectivity index (χ3n) is 2.32. The molecule has 0 aliphatic carbocycles. The van der Waals surface area contributed by atoms with Gasteiger partial charge in [0, 0.05) is 11.6 Å². The van der Waals surface area contributed by atoms with Gasteiger partial charge in [0.2, 0.25) is 0 Å². The van der Waals surface area contributed by atoms with Crippen molar-refractivity contribution in [2.75, 3.05) is 0 Å². The topological polar surface area (TPSA) is 64.3 Å². The highest BCUT2D eigenvalue weighted by Crippen LogP contribution is 2.23. The minimum Gasteiger partial charge on any atom is -0.481 e. The lowest BCUT2D eigenvalue weighted by Crippen LogP contribution is -2.40. The minimum atomic E-state index is -0.603. The zero-order chi connectivity index (χ0) is 14.6. The lowest BCUT2D eigenvalue weighted by molar-refractivity contribution is -0.127. The van der Waals surface area contributed by atoms with Crippen LogP contribution in [-0.2, 0) is 4.79 Å². The molecule has 0 saturated carbocycles. The molecule has 0 radical (unpaired) electrons. The highest BCUT2D eigenvalue weighted by Gasteiger charge is 2.16. The molecular formula is C13H17ClN2O2S. The van der Waals surface area contributed by atoms with Gasteiger partial charge in [0.05, 0.1) is 5.02 Å². The van der Waals surface area contributed by atoms with Crippen LogP contribution in [0.1, 0.15) is 26.3 Å². The first-order chi connectivity index (χ1) is 8.81. The van der Waals surface area contributed by atoms with Gasteiger partial charge in [-0.1, -0.05) is 23.8 Å². The number of amides is 1. The van der Waals surface area contributed by atoms with Gasteiger partial charge in [-0.3, -0.25) is 4.79 Å². The van der Waals surface area contributed by atoms with Crippen molar-refractivity contribution in [2.24, 2.45) is 5.73 Å². The number of halogens is 1. The first-order valence-corrected chi connectivity index (χ1v) is 6.66. The van der Waals surface area contributed by atoms with Crippen molar-refractivity contribution >= 4 is 34.7 Å². The molecule has 0 aliphatic rings. The average Bonchev–Trinajstić information content (AvgIpc) is 2.27. The summed E-state index contributed by atoms with van der Waals surface area (Å²) in [5, 5.41) is 3.17. The quantitative estimate of drug-likeness (QED) is 0.819. The highest BCUT2D eigenvalue weighted by atomic mass is 35.5. The van der Waals surface area contributed by atoms with E-state index in [1.54, 1.807) is 25.1 Å². The fraction of sp³-hybridized carbons (Fsp3) is 0.385. The Bertz CT molecular complexity index is 492. The number of nitrogens with one attached hydrogen (secondary N) is 1. The number of thiocarbonyl (C=S) groups is 1. The van der Waals surface area contributed by atoms with Crippen LogP contribution < -0.4 is 15.8 Å². The van der Waals surface area contributed by atoms with Gasteiger partial charge in [-0.15, -0.1) is 0 Å². The predicted octanol–water partition coefficient (Wildman–Crippen LogP) is 2.27. The van der Waals surface area contributed by atoms with Crippen LogP contribution in [-0.4, -0.2) is 23.0 Å². The van der Waals surface area contributed by atoms with Crippen molar-refractivity contribution in [3.8, 4) is 5.75 Å². The maximum absolute atomic E-state index is 11.7. The van der Waals surface area contributed by atoms with Gasteiger partial charge in [-0.2, -0.15) is 0 Å². The molecule has 0 aliphatic heterocycles. The van der Waals surface area contributed by atoms with E-state index in [1.165, 1.54) is 0 Å². The summed E-state index contributed by atoms with van der Waals surface area (Å²) in [4.78, 5) is 11.9. The molecule has 1 rings (SSSR count). The Morgan fingerprint density at radius 1 is 1.42 bits per heavy atom. The SMILES string of the molecule is CC(C)NC(=O)C(C)Oc1ccc(C(N)=S)c(Cl)c1. The normalized spacial score (nSPS) is 12.1. The van der Waals surface area contributed by atoms with Crippen molar-refractivity contribution in [1.82, 2.24) is 5.32 Å². The van der Waals surface area contributed by atoms with E-state index in [-0.39, 0.29) is 16.9 Å². The second kappa shape index (κ2) is 6.73. The molecule has 0 heterocycles. The fourth-order valence-electron chi connectivity index (χ4n) is 1.43. The molecule has 3 N–H and O–H groups in total. The Hall–Kier alpha value is -1.33. The zero-order valence-electron chi connectivity index (χ0n) is 11.1. The Labute approximate surface area is 123 Å². The molecule has 0 aromatic heterocycles. The van der Waals surface area contributed by atoms with Crippen LogP contribution in [0.5, 0.6) is 5.75 Å². The van der Waals surface area contributed by atoms with E-state index in [9.17, 15) is 4.79 Å². The first kappa shape index (κ1) is 15.7. The van der Waals surface area contributed by atoms with Crippen molar-refractivity contribution in [3.05, 3.63) is 28.8 Å². The molecule has 0 bridgehead atoms. The molecule has 1 atom stereocenters. The number of benzene rings is 1. The van der Waals surface area contributed by atoms with E-state index in [1.807, 2.05) is 13.8 Å². The van der Waals surface area contributed by atoms with Gasteiger partial charge in [0.25, 0.3) is 5.91 Å². The summed E-state index contributed by atoms with van der Waals surface area (Å²) in [5.74, 6) is 0.320. The van der Waals surface area contributed by atoms with Crippen molar-refractivity contribution < 1.29 is 9.53 Å². The first-order valence-electron chi connectivity index (χ1n) is 5.87. The monoisotopic (exact) mass is 300 g/mol. The maximum Gasteiger partial charge on any atom is 0.260 e. The average molecular weight is 301 g/mol. The number of carbonyl (C=O) groups is 1. The van der Waals surface area contributed by atoms with E-state index in [4.69, 9.17) is 34.3 Å². The van der Waals surface area contributed by atoms with Crippen molar-refractivity contribution in [1.29, 1.82) is 0 Å². The summed E-state index contributed by atoms with van der Waals surface area (Å²) < 4.78 is 5.51. The molecule has 104 valence electrons. The van der Waals surface area contributed by atoms with Crippen LogP contribution in [0.25, 0.3) is 0 Å². The summed E-state index contributed by atoms with van der Waals surface area (Å²) in [6.45, 7) is 5.45. The summed E-state index contributed by atoms with van der Waals surface area (Å²) >= 11 is 10.9. The molecule has 0 fully saturated rings. The lowest BCUT2D eigenvalue weighted by Gasteiger charge is -2.17. The number of rotatable bonds is 5. The molecule has 1 amide bonds. The Morgan fingerprint density at radius 3 is 2.53 bits per heavy atom. The van der Waals surface area contributed by atoms with Crippen LogP contribution in [0.15, 0.2) is 18.2 Å². The van der Waals surface area contributed by atoms with Gasteiger partial charge >= 0.3 is 0 Å². The summed E-state index contributed by atoms with van der Waals surface area (Å²) in [5.41, 5.74) is 6.10. The van der Waals surface area contributed by atoms with E-state index in [0.29, 0.717) is 16.3 Å². The molecule has 1 unspecified atom stereocenters. The predicted molar refractivity (Wildman–Crippen MR) is 80.7 cm³/mol. The Balaban J connectivity index is 2.75. The van der Waals surface area contributed by atoms with Crippen LogP contribution in [0.2, 0.25) is 5.02 Å². The van der Waals surface area contributed by atoms with E-state index >= 15 is 0 Å². The molecule has 0 saturated heterocycles. The Kier molecular flexibility index (Phi) is 5.57. The number of carbonyl (C=O) groups excluding carboxylic acids is 1. The number of ether oxygens (including phenoxy) is 1. The summed E-state index contributed by atoms with van der Waals surface area (Å²) in [7, 11) is 0. The number of nitrogens with two attached hydrogens (primary N) is 1. The highest BCUT2D eigenvalue weighted by molar-refractivity contribution is 7.80.